The molecule has 1 aliphatic carbocycles. The molecule has 0 radical (unpaired) electrons. The topological polar surface area (TPSA) is 37.4 Å². The van der Waals surface area contributed by atoms with Gasteiger partial charge >= 0.3 is 0 Å². The van der Waals surface area contributed by atoms with E-state index in [-0.39, 0.29) is 5.75 Å². The molecule has 0 bridgehead atoms. The van der Waals surface area contributed by atoms with Crippen LogP contribution >= 0.6 is 15.9 Å². The summed E-state index contributed by atoms with van der Waals surface area (Å²) >= 11 is 3.64. The molecule has 0 saturated heterocycles. The predicted molar refractivity (Wildman–Crippen MR) is 76.5 cm³/mol. The minimum absolute atomic E-state index is 0.266. The number of sulfone groups is 1. The van der Waals surface area contributed by atoms with Gasteiger partial charge in [-0.1, -0.05) is 35.2 Å². The van der Waals surface area contributed by atoms with Crippen LogP contribution < -0.4 is 0 Å². The van der Waals surface area contributed by atoms with Crippen LogP contribution in [0.2, 0.25) is 0 Å². The lowest BCUT2D eigenvalue weighted by molar-refractivity contribution is 0.150. The number of hydrogen-bond donors (Lipinski definition) is 0. The molecule has 17 heavy (non-hydrogen) atoms. The zero-order valence-electron chi connectivity index (χ0n) is 10.9. The minimum Gasteiger partial charge on any atom is -0.305 e. The summed E-state index contributed by atoms with van der Waals surface area (Å²) in [6.45, 7) is 1.65. The summed E-state index contributed by atoms with van der Waals surface area (Å²) in [5.41, 5.74) is 0.366. The average Bonchev–Trinajstić information content (AvgIpc) is 2.27. The van der Waals surface area contributed by atoms with Gasteiger partial charge in [0.25, 0.3) is 0 Å². The largest absolute Gasteiger partial charge is 0.305 e. The number of alkyl halides is 1. The van der Waals surface area contributed by atoms with Crippen molar-refractivity contribution in [3.05, 3.63) is 0 Å². The highest BCUT2D eigenvalue weighted by molar-refractivity contribution is 9.09. The first-order valence-corrected chi connectivity index (χ1v) is 9.47. The van der Waals surface area contributed by atoms with E-state index in [2.05, 4.69) is 20.8 Å². The van der Waals surface area contributed by atoms with Gasteiger partial charge in [-0.15, -0.1) is 0 Å². The van der Waals surface area contributed by atoms with Gasteiger partial charge in [0.2, 0.25) is 0 Å². The Kier molecular flexibility index (Phi) is 5.93. The molecule has 5 heteroatoms. The smallest absolute Gasteiger partial charge is 0.148 e. The lowest BCUT2D eigenvalue weighted by Crippen LogP contribution is -2.40. The van der Waals surface area contributed by atoms with E-state index in [9.17, 15) is 8.42 Å². The van der Waals surface area contributed by atoms with Crippen molar-refractivity contribution in [3.63, 3.8) is 0 Å². The average molecular weight is 326 g/mol. The first-order valence-electron chi connectivity index (χ1n) is 6.29. The molecule has 1 aliphatic rings. The fourth-order valence-corrected chi connectivity index (χ4v) is 3.99. The zero-order chi connectivity index (χ0) is 12.9. The van der Waals surface area contributed by atoms with Crippen molar-refractivity contribution in [2.75, 3.05) is 37.5 Å². The van der Waals surface area contributed by atoms with E-state index in [4.69, 9.17) is 0 Å². The molecule has 0 aromatic carbocycles. The fraction of sp³-hybridized carbons (Fsp3) is 1.00. The molecule has 102 valence electrons. The van der Waals surface area contributed by atoms with Crippen LogP contribution in [0.1, 0.15) is 32.1 Å². The summed E-state index contributed by atoms with van der Waals surface area (Å²) in [5.74, 6) is 0.266. The molecule has 1 saturated carbocycles. The van der Waals surface area contributed by atoms with Crippen LogP contribution in [0.5, 0.6) is 0 Å². The summed E-state index contributed by atoms with van der Waals surface area (Å²) in [5, 5.41) is 1.03. The maximum absolute atomic E-state index is 11.1. The Labute approximate surface area is 114 Å². The molecule has 0 amide bonds. The number of hydrogen-bond acceptors (Lipinski definition) is 3. The summed E-state index contributed by atoms with van der Waals surface area (Å²) in [6.07, 6.45) is 7.81. The van der Waals surface area contributed by atoms with Crippen LogP contribution in [0, 0.1) is 5.41 Å². The van der Waals surface area contributed by atoms with Gasteiger partial charge in [0, 0.05) is 24.7 Å². The minimum atomic E-state index is -2.84. The van der Waals surface area contributed by atoms with Gasteiger partial charge in [0.1, 0.15) is 9.84 Å². The van der Waals surface area contributed by atoms with Crippen molar-refractivity contribution in [2.24, 2.45) is 5.41 Å². The van der Waals surface area contributed by atoms with Crippen LogP contribution in [0.4, 0.5) is 0 Å². The van der Waals surface area contributed by atoms with E-state index >= 15 is 0 Å². The van der Waals surface area contributed by atoms with E-state index in [0.29, 0.717) is 12.0 Å². The van der Waals surface area contributed by atoms with Gasteiger partial charge in [-0.25, -0.2) is 8.42 Å². The SMILES string of the molecule is CN(CCS(C)(=O)=O)CC1(CBr)CCCCC1. The molecule has 0 N–H and O–H groups in total. The van der Waals surface area contributed by atoms with Gasteiger partial charge in [0.15, 0.2) is 0 Å². The molecule has 0 atom stereocenters. The second-order valence-corrected chi connectivity index (χ2v) is 8.38. The van der Waals surface area contributed by atoms with E-state index in [1.807, 2.05) is 7.05 Å². The Morgan fingerprint density at radius 1 is 1.24 bits per heavy atom. The van der Waals surface area contributed by atoms with Crippen LogP contribution in [0.15, 0.2) is 0 Å². The van der Waals surface area contributed by atoms with Crippen LogP contribution in [-0.4, -0.2) is 50.8 Å². The van der Waals surface area contributed by atoms with Gasteiger partial charge in [-0.05, 0) is 25.3 Å². The third-order valence-electron chi connectivity index (χ3n) is 3.65. The molecule has 0 spiro atoms. The highest BCUT2D eigenvalue weighted by Crippen LogP contribution is 2.38. The first kappa shape index (κ1) is 15.4. The standard InChI is InChI=1S/C12H24BrNO2S/c1-14(8-9-17(2,15)16)11-12(10-13)6-4-3-5-7-12/h3-11H2,1-2H3. The molecular formula is C12H24BrNO2S. The van der Waals surface area contributed by atoms with E-state index in [0.717, 1.165) is 11.9 Å². The summed E-state index contributed by atoms with van der Waals surface area (Å²) < 4.78 is 22.3. The molecule has 0 heterocycles. The molecule has 1 fully saturated rings. The monoisotopic (exact) mass is 325 g/mol. The van der Waals surface area contributed by atoms with Crippen molar-refractivity contribution in [2.45, 2.75) is 32.1 Å². The third kappa shape index (κ3) is 5.71. The number of nitrogens with zero attached hydrogens (tertiary/aromatic N) is 1. The zero-order valence-corrected chi connectivity index (χ0v) is 13.3. The molecule has 1 rings (SSSR count). The second-order valence-electron chi connectivity index (χ2n) is 5.56. The van der Waals surface area contributed by atoms with Crippen LogP contribution in [-0.2, 0) is 9.84 Å². The Morgan fingerprint density at radius 3 is 2.29 bits per heavy atom. The van der Waals surface area contributed by atoms with E-state index in [1.165, 1.54) is 38.4 Å². The molecule has 0 aromatic rings. The maximum Gasteiger partial charge on any atom is 0.148 e. The van der Waals surface area contributed by atoms with Crippen molar-refractivity contribution in [1.82, 2.24) is 4.90 Å². The normalized spacial score (nSPS) is 20.7. The Balaban J connectivity index is 2.44. The van der Waals surface area contributed by atoms with Gasteiger partial charge < -0.3 is 4.90 Å². The Morgan fingerprint density at radius 2 is 1.82 bits per heavy atom. The molecule has 0 aliphatic heterocycles. The lowest BCUT2D eigenvalue weighted by Gasteiger charge is -2.39. The Bertz CT molecular complexity index is 323. The van der Waals surface area contributed by atoms with Gasteiger partial charge in [0.05, 0.1) is 5.75 Å². The van der Waals surface area contributed by atoms with E-state index < -0.39 is 9.84 Å². The van der Waals surface area contributed by atoms with Crippen LogP contribution in [0.3, 0.4) is 0 Å². The fourth-order valence-electron chi connectivity index (χ4n) is 2.61. The van der Waals surface area contributed by atoms with Crippen molar-refractivity contribution < 1.29 is 8.42 Å². The van der Waals surface area contributed by atoms with Crippen molar-refractivity contribution in [3.8, 4) is 0 Å². The summed E-state index contributed by atoms with van der Waals surface area (Å²) in [7, 11) is -0.808. The highest BCUT2D eigenvalue weighted by Gasteiger charge is 2.32. The van der Waals surface area contributed by atoms with E-state index in [1.54, 1.807) is 0 Å². The molecule has 0 aromatic heterocycles. The second kappa shape index (κ2) is 6.53. The number of halogens is 1. The predicted octanol–water partition coefficient (Wildman–Crippen LogP) is 2.31. The van der Waals surface area contributed by atoms with Gasteiger partial charge in [-0.2, -0.15) is 0 Å². The maximum atomic E-state index is 11.1. The molecular weight excluding hydrogens is 302 g/mol. The van der Waals surface area contributed by atoms with Crippen molar-refractivity contribution in [1.29, 1.82) is 0 Å². The van der Waals surface area contributed by atoms with Crippen molar-refractivity contribution >= 4 is 25.8 Å². The van der Waals surface area contributed by atoms with Gasteiger partial charge in [-0.3, -0.25) is 0 Å². The molecule has 3 nitrogen and oxygen atoms in total. The molecule has 0 unspecified atom stereocenters. The Hall–Kier alpha value is 0.390. The third-order valence-corrected chi connectivity index (χ3v) is 5.76. The summed E-state index contributed by atoms with van der Waals surface area (Å²) in [4.78, 5) is 2.17. The lowest BCUT2D eigenvalue weighted by atomic mass is 9.75. The first-order chi connectivity index (χ1) is 7.87. The number of rotatable bonds is 6. The summed E-state index contributed by atoms with van der Waals surface area (Å²) in [6, 6.07) is 0. The van der Waals surface area contributed by atoms with Crippen LogP contribution in [0.25, 0.3) is 0 Å². The quantitative estimate of drug-likeness (QED) is 0.703. The highest BCUT2D eigenvalue weighted by atomic mass is 79.9.